The van der Waals surface area contributed by atoms with Gasteiger partial charge in [0.1, 0.15) is 5.75 Å². The molecule has 6 heteroatoms. The van der Waals surface area contributed by atoms with Crippen molar-refractivity contribution in [1.29, 1.82) is 0 Å². The number of alkyl halides is 2. The summed E-state index contributed by atoms with van der Waals surface area (Å²) < 4.78 is 38.7. The van der Waals surface area contributed by atoms with Crippen LogP contribution in [0.2, 0.25) is 0 Å². The Morgan fingerprint density at radius 2 is 1.65 bits per heavy atom. The molecule has 134 valence electrons. The maximum atomic E-state index is 13.6. The molecule has 3 aromatic rings. The fourth-order valence-electron chi connectivity index (χ4n) is 2.83. The normalized spacial score (nSPS) is 10.8. The van der Waals surface area contributed by atoms with E-state index in [9.17, 15) is 13.6 Å². The van der Waals surface area contributed by atoms with Gasteiger partial charge in [-0.3, -0.25) is 0 Å². The minimum absolute atomic E-state index is 0.142. The fourth-order valence-corrected chi connectivity index (χ4v) is 2.83. The molecule has 2 aromatic carbocycles. The predicted octanol–water partition coefficient (Wildman–Crippen LogP) is 4.88. The van der Waals surface area contributed by atoms with Gasteiger partial charge in [-0.2, -0.15) is 0 Å². The lowest BCUT2D eigenvalue weighted by Crippen LogP contribution is -2.06. The third kappa shape index (κ3) is 3.18. The van der Waals surface area contributed by atoms with E-state index in [0.29, 0.717) is 22.7 Å². The highest BCUT2D eigenvalue weighted by Gasteiger charge is 2.28. The van der Waals surface area contributed by atoms with Crippen LogP contribution in [0.1, 0.15) is 22.3 Å². The van der Waals surface area contributed by atoms with Crippen LogP contribution >= 0.6 is 0 Å². The monoisotopic (exact) mass is 357 g/mol. The van der Waals surface area contributed by atoms with Gasteiger partial charge >= 0.3 is 5.97 Å². The van der Waals surface area contributed by atoms with Crippen LogP contribution < -0.4 is 4.74 Å². The molecule has 0 saturated carbocycles. The van der Waals surface area contributed by atoms with Gasteiger partial charge in [0, 0.05) is 11.9 Å². The average Bonchev–Trinajstić information content (AvgIpc) is 3.09. The van der Waals surface area contributed by atoms with Gasteiger partial charge in [0.15, 0.2) is 0 Å². The molecule has 0 N–H and O–H groups in total. The molecule has 0 fully saturated rings. The molecule has 0 spiro atoms. The Morgan fingerprint density at radius 1 is 1.00 bits per heavy atom. The first-order valence-corrected chi connectivity index (χ1v) is 7.88. The molecule has 0 radical (unpaired) electrons. The Hall–Kier alpha value is -3.15. The summed E-state index contributed by atoms with van der Waals surface area (Å²) in [5.74, 6) is -0.180. The predicted molar refractivity (Wildman–Crippen MR) is 94.1 cm³/mol. The summed E-state index contributed by atoms with van der Waals surface area (Å²) in [6.07, 6.45) is -1.53. The average molecular weight is 357 g/mol. The van der Waals surface area contributed by atoms with Crippen molar-refractivity contribution in [2.45, 2.75) is 6.43 Å². The van der Waals surface area contributed by atoms with E-state index in [-0.39, 0.29) is 11.1 Å². The van der Waals surface area contributed by atoms with Crippen molar-refractivity contribution in [3.05, 3.63) is 71.9 Å². The topological polar surface area (TPSA) is 40.5 Å². The summed E-state index contributed by atoms with van der Waals surface area (Å²) >= 11 is 0. The number of rotatable bonds is 5. The zero-order valence-electron chi connectivity index (χ0n) is 14.3. The van der Waals surface area contributed by atoms with Crippen LogP contribution in [0.3, 0.4) is 0 Å². The number of aromatic nitrogens is 1. The molecule has 0 saturated heterocycles. The number of nitrogens with zero attached hydrogens (tertiary/aromatic N) is 1. The van der Waals surface area contributed by atoms with E-state index < -0.39 is 12.4 Å². The van der Waals surface area contributed by atoms with Crippen LogP contribution in [0.25, 0.3) is 16.9 Å². The summed E-state index contributed by atoms with van der Waals surface area (Å²) in [5, 5.41) is 0. The number of methoxy groups -OCH3 is 2. The zero-order chi connectivity index (χ0) is 18.7. The lowest BCUT2D eigenvalue weighted by atomic mass is 10.0. The van der Waals surface area contributed by atoms with Crippen LogP contribution in [0.15, 0.2) is 60.8 Å². The van der Waals surface area contributed by atoms with E-state index in [4.69, 9.17) is 9.47 Å². The Morgan fingerprint density at radius 3 is 2.19 bits per heavy atom. The number of hydrogen-bond donors (Lipinski definition) is 0. The number of para-hydroxylation sites is 1. The molecular formula is C20H17F2NO3. The van der Waals surface area contributed by atoms with Gasteiger partial charge in [-0.25, -0.2) is 13.6 Å². The second-order valence-electron chi connectivity index (χ2n) is 5.53. The first-order valence-electron chi connectivity index (χ1n) is 7.88. The molecule has 1 heterocycles. The minimum Gasteiger partial charge on any atom is -0.497 e. The second kappa shape index (κ2) is 7.39. The molecule has 26 heavy (non-hydrogen) atoms. The molecule has 0 amide bonds. The molecule has 3 rings (SSSR count). The third-order valence-corrected chi connectivity index (χ3v) is 4.06. The van der Waals surface area contributed by atoms with Gasteiger partial charge in [-0.15, -0.1) is 0 Å². The van der Waals surface area contributed by atoms with Crippen molar-refractivity contribution < 1.29 is 23.0 Å². The van der Waals surface area contributed by atoms with Gasteiger partial charge in [-0.1, -0.05) is 18.2 Å². The van der Waals surface area contributed by atoms with E-state index in [1.807, 2.05) is 6.07 Å². The first-order chi connectivity index (χ1) is 12.6. The Bertz CT molecular complexity index is 903. The number of ether oxygens (including phenoxy) is 2. The standard InChI is InChI=1S/C20H17F2NO3/c1-25-15-10-8-13(9-11-15)18-17(20(24)26-2)16(19(21)22)12-23(18)14-6-4-3-5-7-14/h3-12,19H,1-2H3. The van der Waals surface area contributed by atoms with E-state index >= 15 is 0 Å². The van der Waals surface area contributed by atoms with Crippen LogP contribution in [-0.4, -0.2) is 24.8 Å². The van der Waals surface area contributed by atoms with Crippen molar-refractivity contribution in [2.24, 2.45) is 0 Å². The Labute approximate surface area is 149 Å². The van der Waals surface area contributed by atoms with Gasteiger partial charge in [0.2, 0.25) is 0 Å². The molecule has 0 atom stereocenters. The highest BCUT2D eigenvalue weighted by Crippen LogP contribution is 2.36. The van der Waals surface area contributed by atoms with Gasteiger partial charge in [0.25, 0.3) is 6.43 Å². The summed E-state index contributed by atoms with van der Waals surface area (Å²) in [6, 6.07) is 15.8. The lowest BCUT2D eigenvalue weighted by molar-refractivity contribution is 0.0591. The molecule has 4 nitrogen and oxygen atoms in total. The van der Waals surface area contributed by atoms with E-state index in [2.05, 4.69) is 0 Å². The molecule has 0 unspecified atom stereocenters. The molecule has 0 aliphatic rings. The minimum atomic E-state index is -2.81. The van der Waals surface area contributed by atoms with Crippen molar-refractivity contribution in [1.82, 2.24) is 4.57 Å². The molecule has 1 aromatic heterocycles. The number of carbonyl (C=O) groups is 1. The van der Waals surface area contributed by atoms with Crippen LogP contribution in [0, 0.1) is 0 Å². The Kier molecular flexibility index (Phi) is 5.02. The first kappa shape index (κ1) is 17.7. The number of benzene rings is 2. The maximum Gasteiger partial charge on any atom is 0.340 e. The van der Waals surface area contributed by atoms with E-state index in [0.717, 1.165) is 0 Å². The number of esters is 1. The Balaban J connectivity index is 2.31. The molecule has 0 aliphatic carbocycles. The van der Waals surface area contributed by atoms with Crippen molar-refractivity contribution in [2.75, 3.05) is 14.2 Å². The van der Waals surface area contributed by atoms with Gasteiger partial charge in [-0.05, 0) is 42.0 Å². The summed E-state index contributed by atoms with van der Waals surface area (Å²) in [5.41, 5.74) is 1.10. The second-order valence-corrected chi connectivity index (χ2v) is 5.53. The quantitative estimate of drug-likeness (QED) is 0.611. The van der Waals surface area contributed by atoms with Crippen molar-refractivity contribution >= 4 is 5.97 Å². The van der Waals surface area contributed by atoms with Crippen LogP contribution in [0.4, 0.5) is 8.78 Å². The summed E-state index contributed by atoms with van der Waals surface area (Å²) in [4.78, 5) is 12.3. The lowest BCUT2D eigenvalue weighted by Gasteiger charge is -2.12. The number of halogens is 2. The maximum absolute atomic E-state index is 13.6. The summed E-state index contributed by atoms with van der Waals surface area (Å²) in [7, 11) is 2.71. The molecule has 0 aliphatic heterocycles. The van der Waals surface area contributed by atoms with Crippen molar-refractivity contribution in [3.8, 4) is 22.7 Å². The largest absolute Gasteiger partial charge is 0.497 e. The van der Waals surface area contributed by atoms with Crippen molar-refractivity contribution in [3.63, 3.8) is 0 Å². The highest BCUT2D eigenvalue weighted by molar-refractivity contribution is 5.99. The van der Waals surface area contributed by atoms with Gasteiger partial charge < -0.3 is 14.0 Å². The van der Waals surface area contributed by atoms with E-state index in [1.165, 1.54) is 20.4 Å². The SMILES string of the molecule is COC(=O)c1c(C(F)F)cn(-c2ccccc2)c1-c1ccc(OC)cc1. The number of hydrogen-bond acceptors (Lipinski definition) is 3. The molecular weight excluding hydrogens is 340 g/mol. The van der Waals surface area contributed by atoms with Gasteiger partial charge in [0.05, 0.1) is 31.0 Å². The zero-order valence-corrected chi connectivity index (χ0v) is 14.3. The van der Waals surface area contributed by atoms with Crippen LogP contribution in [0.5, 0.6) is 5.75 Å². The van der Waals surface area contributed by atoms with E-state index in [1.54, 1.807) is 53.1 Å². The third-order valence-electron chi connectivity index (χ3n) is 4.06. The number of carbonyl (C=O) groups excluding carboxylic acids is 1. The smallest absolute Gasteiger partial charge is 0.340 e. The molecule has 0 bridgehead atoms. The van der Waals surface area contributed by atoms with Crippen LogP contribution in [-0.2, 0) is 4.74 Å². The highest BCUT2D eigenvalue weighted by atomic mass is 19.3. The fraction of sp³-hybridized carbons (Fsp3) is 0.150. The summed E-state index contributed by atoms with van der Waals surface area (Å²) in [6.45, 7) is 0.